The molecule has 2 aliphatic heterocycles. The van der Waals surface area contributed by atoms with E-state index < -0.39 is 0 Å². The molecule has 2 aliphatic rings. The number of hydrogen-bond acceptors (Lipinski definition) is 4. The van der Waals surface area contributed by atoms with Crippen molar-refractivity contribution in [2.24, 2.45) is 5.92 Å². The van der Waals surface area contributed by atoms with Gasteiger partial charge in [0.15, 0.2) is 0 Å². The Morgan fingerprint density at radius 3 is 3.06 bits per heavy atom. The summed E-state index contributed by atoms with van der Waals surface area (Å²) in [6.45, 7) is 8.07. The number of H-pyrrole nitrogens is 1. The van der Waals surface area contributed by atoms with Crippen LogP contribution in [0.15, 0.2) is 6.20 Å². The Kier molecular flexibility index (Phi) is 3.37. The van der Waals surface area contributed by atoms with Gasteiger partial charge >= 0.3 is 0 Å². The van der Waals surface area contributed by atoms with Gasteiger partial charge in [0.25, 0.3) is 0 Å². The van der Waals surface area contributed by atoms with Gasteiger partial charge < -0.3 is 9.72 Å². The average Bonchev–Trinajstić information content (AvgIpc) is 2.53. The lowest BCUT2D eigenvalue weighted by molar-refractivity contribution is 0.0509. The van der Waals surface area contributed by atoms with Crippen LogP contribution in [0.2, 0.25) is 0 Å². The summed E-state index contributed by atoms with van der Waals surface area (Å²) in [5.41, 5.74) is 1.14. The van der Waals surface area contributed by atoms with Crippen molar-refractivity contribution in [2.75, 3.05) is 39.9 Å². The normalized spacial score (nSPS) is 30.3. The molecule has 2 bridgehead atoms. The van der Waals surface area contributed by atoms with Crippen LogP contribution in [0.25, 0.3) is 0 Å². The maximum atomic E-state index is 5.74. The molecule has 3 rings (SSSR count). The van der Waals surface area contributed by atoms with E-state index in [-0.39, 0.29) is 0 Å². The summed E-state index contributed by atoms with van der Waals surface area (Å²) in [5.74, 6) is 1.70. The third kappa shape index (κ3) is 2.58. The van der Waals surface area contributed by atoms with E-state index in [4.69, 9.17) is 4.74 Å². The first-order valence-electron chi connectivity index (χ1n) is 6.71. The number of likely N-dealkylation sites (N-methyl/N-ethyl adjacent to an activating group) is 1. The quantitative estimate of drug-likeness (QED) is 0.829. The van der Waals surface area contributed by atoms with Crippen LogP contribution in [0.5, 0.6) is 0 Å². The highest BCUT2D eigenvalue weighted by atomic mass is 16.5. The molecule has 0 amide bonds. The van der Waals surface area contributed by atoms with E-state index in [0.717, 1.165) is 50.9 Å². The third-order valence-corrected chi connectivity index (χ3v) is 3.95. The van der Waals surface area contributed by atoms with E-state index in [2.05, 4.69) is 33.7 Å². The highest BCUT2D eigenvalue weighted by Crippen LogP contribution is 2.19. The summed E-state index contributed by atoms with van der Waals surface area (Å²) in [6, 6.07) is 0.522. The van der Waals surface area contributed by atoms with Gasteiger partial charge in [-0.15, -0.1) is 0 Å². The van der Waals surface area contributed by atoms with Gasteiger partial charge in [-0.2, -0.15) is 0 Å². The molecule has 0 radical (unpaired) electrons. The maximum Gasteiger partial charge on any atom is 0.120 e. The summed E-state index contributed by atoms with van der Waals surface area (Å²) in [4.78, 5) is 12.7. The van der Waals surface area contributed by atoms with E-state index in [1.54, 1.807) is 0 Å². The highest BCUT2D eigenvalue weighted by Gasteiger charge is 2.31. The van der Waals surface area contributed by atoms with E-state index >= 15 is 0 Å². The third-order valence-electron chi connectivity index (χ3n) is 3.95. The first-order chi connectivity index (χ1) is 8.70. The number of aryl methyl sites for hydroxylation is 1. The van der Waals surface area contributed by atoms with Crippen molar-refractivity contribution < 1.29 is 4.74 Å². The zero-order valence-corrected chi connectivity index (χ0v) is 11.2. The van der Waals surface area contributed by atoms with Crippen molar-refractivity contribution >= 4 is 0 Å². The van der Waals surface area contributed by atoms with Gasteiger partial charge in [-0.25, -0.2) is 4.98 Å². The summed E-state index contributed by atoms with van der Waals surface area (Å²) in [7, 11) is 2.22. The molecular formula is C13H22N4O. The van der Waals surface area contributed by atoms with Crippen molar-refractivity contribution in [2.45, 2.75) is 19.5 Å². The topological polar surface area (TPSA) is 44.4 Å². The lowest BCUT2D eigenvalue weighted by Crippen LogP contribution is -2.42. The molecule has 0 saturated carbocycles. The molecular weight excluding hydrogens is 228 g/mol. The number of aromatic nitrogens is 2. The van der Waals surface area contributed by atoms with E-state index in [0.29, 0.717) is 12.0 Å². The van der Waals surface area contributed by atoms with Gasteiger partial charge in [0, 0.05) is 43.5 Å². The van der Waals surface area contributed by atoms with E-state index in [9.17, 15) is 0 Å². The molecule has 2 atom stereocenters. The van der Waals surface area contributed by atoms with Crippen molar-refractivity contribution in [1.82, 2.24) is 19.8 Å². The SMILES string of the molecule is Cc1cnc(CN2C[C@@H]3COC[C@H](C2)N(C)C3)[nH]1. The Hall–Kier alpha value is -0.910. The van der Waals surface area contributed by atoms with Gasteiger partial charge in [-0.1, -0.05) is 0 Å². The molecule has 0 aromatic carbocycles. The number of fused-ring (bicyclic) bond motifs is 3. The first-order valence-corrected chi connectivity index (χ1v) is 6.71. The van der Waals surface area contributed by atoms with E-state index in [1.807, 2.05) is 6.20 Å². The zero-order chi connectivity index (χ0) is 12.5. The minimum Gasteiger partial charge on any atom is -0.379 e. The second kappa shape index (κ2) is 4.99. The van der Waals surface area contributed by atoms with Gasteiger partial charge in [0.05, 0.1) is 19.8 Å². The molecule has 2 saturated heterocycles. The van der Waals surface area contributed by atoms with Gasteiger partial charge in [-0.05, 0) is 14.0 Å². The Bertz CT molecular complexity index is 405. The lowest BCUT2D eigenvalue weighted by atomic mass is 10.1. The summed E-state index contributed by atoms with van der Waals surface area (Å²) in [6.07, 6.45) is 1.91. The molecule has 18 heavy (non-hydrogen) atoms. The van der Waals surface area contributed by atoms with Crippen LogP contribution in [-0.4, -0.2) is 65.7 Å². The van der Waals surface area contributed by atoms with E-state index in [1.165, 1.54) is 0 Å². The zero-order valence-electron chi connectivity index (χ0n) is 11.2. The Morgan fingerprint density at radius 1 is 1.39 bits per heavy atom. The predicted molar refractivity (Wildman–Crippen MR) is 69.3 cm³/mol. The van der Waals surface area contributed by atoms with Crippen LogP contribution in [-0.2, 0) is 11.3 Å². The van der Waals surface area contributed by atoms with Crippen LogP contribution < -0.4 is 0 Å². The number of rotatable bonds is 2. The van der Waals surface area contributed by atoms with Crippen LogP contribution in [0, 0.1) is 12.8 Å². The fraction of sp³-hybridized carbons (Fsp3) is 0.769. The largest absolute Gasteiger partial charge is 0.379 e. The molecule has 2 fully saturated rings. The lowest BCUT2D eigenvalue weighted by Gasteiger charge is -2.29. The van der Waals surface area contributed by atoms with Gasteiger partial charge in [-0.3, -0.25) is 9.80 Å². The van der Waals surface area contributed by atoms with Crippen molar-refractivity contribution in [1.29, 1.82) is 0 Å². The maximum absolute atomic E-state index is 5.74. The van der Waals surface area contributed by atoms with Crippen LogP contribution in [0.4, 0.5) is 0 Å². The first kappa shape index (κ1) is 12.1. The molecule has 0 spiro atoms. The molecule has 1 N–H and O–H groups in total. The number of nitrogens with zero attached hydrogens (tertiary/aromatic N) is 3. The summed E-state index contributed by atoms with van der Waals surface area (Å²) >= 11 is 0. The van der Waals surface area contributed by atoms with Crippen LogP contribution in [0.3, 0.4) is 0 Å². The molecule has 5 nitrogen and oxygen atoms in total. The van der Waals surface area contributed by atoms with Crippen LogP contribution >= 0.6 is 0 Å². The fourth-order valence-corrected chi connectivity index (χ4v) is 3.04. The minimum absolute atomic E-state index is 0.522. The molecule has 5 heteroatoms. The molecule has 0 unspecified atom stereocenters. The van der Waals surface area contributed by atoms with Gasteiger partial charge in [0.1, 0.15) is 5.82 Å². The molecule has 1 aromatic heterocycles. The number of ether oxygens (including phenoxy) is 1. The summed E-state index contributed by atoms with van der Waals surface area (Å²) in [5, 5.41) is 0. The number of nitrogens with one attached hydrogen (secondary N) is 1. The van der Waals surface area contributed by atoms with Crippen LogP contribution in [0.1, 0.15) is 11.5 Å². The minimum atomic E-state index is 0.522. The van der Waals surface area contributed by atoms with Crippen molar-refractivity contribution in [3.63, 3.8) is 0 Å². The second-order valence-corrected chi connectivity index (χ2v) is 5.70. The highest BCUT2D eigenvalue weighted by molar-refractivity contribution is 4.99. The molecule has 1 aromatic rings. The smallest absolute Gasteiger partial charge is 0.120 e. The Labute approximate surface area is 108 Å². The number of imidazole rings is 1. The van der Waals surface area contributed by atoms with Crippen molar-refractivity contribution in [3.8, 4) is 0 Å². The predicted octanol–water partition coefficient (Wildman–Crippen LogP) is 0.481. The Balaban J connectivity index is 1.70. The average molecular weight is 250 g/mol. The van der Waals surface area contributed by atoms with Crippen molar-refractivity contribution in [3.05, 3.63) is 17.7 Å². The summed E-state index contributed by atoms with van der Waals surface area (Å²) < 4.78 is 5.74. The fourth-order valence-electron chi connectivity index (χ4n) is 3.04. The Morgan fingerprint density at radius 2 is 2.28 bits per heavy atom. The molecule has 100 valence electrons. The monoisotopic (exact) mass is 250 g/mol. The number of hydrogen-bond donors (Lipinski definition) is 1. The molecule has 0 aliphatic carbocycles. The second-order valence-electron chi connectivity index (χ2n) is 5.70. The van der Waals surface area contributed by atoms with Gasteiger partial charge in [0.2, 0.25) is 0 Å². The number of aromatic amines is 1. The standard InChI is InChI=1S/C13H22N4O/c1-10-3-14-13(15-10)7-17-5-11-4-16(2)12(6-17)9-18-8-11/h3,11-12H,4-9H2,1-2H3,(H,14,15)/t11-,12+/m1/s1. The molecule has 3 heterocycles.